The number of carbonyl (C=O) groups excluding carboxylic acids is 2. The van der Waals surface area contributed by atoms with Crippen molar-refractivity contribution in [2.75, 3.05) is 13.7 Å². The molecule has 7 nitrogen and oxygen atoms in total. The third-order valence-corrected chi connectivity index (χ3v) is 9.56. The minimum absolute atomic E-state index is 0.138. The third kappa shape index (κ3) is 5.62. The van der Waals surface area contributed by atoms with Crippen LogP contribution in [0.25, 0.3) is 11.6 Å². The topological polar surface area (TPSA) is 96.3 Å². The van der Waals surface area contributed by atoms with E-state index in [2.05, 4.69) is 0 Å². The van der Waals surface area contributed by atoms with E-state index >= 15 is 0 Å². The lowest BCUT2D eigenvalue weighted by molar-refractivity contribution is -0.140. The zero-order chi connectivity index (χ0) is 29.2. The summed E-state index contributed by atoms with van der Waals surface area (Å²) >= 11 is 1.53. The van der Waals surface area contributed by atoms with Gasteiger partial charge in [-0.1, -0.05) is 54.6 Å². The Labute approximate surface area is 250 Å². The van der Waals surface area contributed by atoms with Gasteiger partial charge in [0, 0.05) is 17.6 Å². The van der Waals surface area contributed by atoms with Crippen LogP contribution in [0.3, 0.4) is 0 Å². The van der Waals surface area contributed by atoms with Crippen molar-refractivity contribution in [1.29, 1.82) is 0 Å². The molecular weight excluding hydrogens is 549 g/mol. The first-order valence-electron chi connectivity index (χ1n) is 14.4. The van der Waals surface area contributed by atoms with Gasteiger partial charge in [0.2, 0.25) is 11.8 Å². The number of rotatable bonds is 9. The largest absolute Gasteiger partial charge is 0.507 e. The van der Waals surface area contributed by atoms with Gasteiger partial charge < -0.3 is 19.5 Å². The van der Waals surface area contributed by atoms with E-state index < -0.39 is 25.1 Å². The zero-order valence-electron chi connectivity index (χ0n) is 23.5. The molecule has 42 heavy (non-hydrogen) atoms. The number of methoxy groups -OCH3 is 1. The van der Waals surface area contributed by atoms with E-state index in [9.17, 15) is 19.7 Å². The number of thiophene rings is 1. The molecule has 0 bridgehead atoms. The molecule has 0 radical (unpaired) electrons. The second-order valence-electron chi connectivity index (χ2n) is 11.2. The predicted octanol–water partition coefficient (Wildman–Crippen LogP) is 5.42. The number of hydrogen-bond donors (Lipinski definition) is 2. The Morgan fingerprint density at radius 2 is 1.86 bits per heavy atom. The van der Waals surface area contributed by atoms with Crippen LogP contribution in [0.5, 0.6) is 5.75 Å². The number of amides is 2. The maximum Gasteiger partial charge on any atom is 0.455 e. The predicted molar refractivity (Wildman–Crippen MR) is 163 cm³/mol. The van der Waals surface area contributed by atoms with Gasteiger partial charge >= 0.3 is 7.12 Å². The first-order valence-corrected chi connectivity index (χ1v) is 15.3. The van der Waals surface area contributed by atoms with Crippen LogP contribution < -0.4 is 0 Å². The maximum atomic E-state index is 13.8. The minimum atomic E-state index is -1.04. The molecule has 216 valence electrons. The van der Waals surface area contributed by atoms with Crippen LogP contribution in [0.4, 0.5) is 0 Å². The summed E-state index contributed by atoms with van der Waals surface area (Å²) in [5.41, 5.74) is 4.76. The van der Waals surface area contributed by atoms with Crippen LogP contribution >= 0.6 is 11.3 Å². The normalized spacial score (nSPS) is 24.3. The highest BCUT2D eigenvalue weighted by Crippen LogP contribution is 2.51. The summed E-state index contributed by atoms with van der Waals surface area (Å²) < 4.78 is 11.8. The molecule has 4 atom stereocenters. The van der Waals surface area contributed by atoms with Gasteiger partial charge in [-0.2, -0.15) is 0 Å². The van der Waals surface area contributed by atoms with Crippen molar-refractivity contribution in [3.8, 4) is 5.75 Å². The van der Waals surface area contributed by atoms with Crippen LogP contribution in [0.1, 0.15) is 35.3 Å². The minimum Gasteiger partial charge on any atom is -0.507 e. The highest BCUT2D eigenvalue weighted by Gasteiger charge is 2.57. The molecule has 1 aliphatic carbocycles. The van der Waals surface area contributed by atoms with Crippen LogP contribution in [-0.4, -0.2) is 53.8 Å². The number of para-hydroxylation sites is 1. The van der Waals surface area contributed by atoms with Gasteiger partial charge in [-0.15, -0.1) is 11.3 Å². The fraction of sp³-hybridized carbons (Fsp3) is 0.333. The summed E-state index contributed by atoms with van der Waals surface area (Å²) in [5.74, 6) is -1.36. The van der Waals surface area contributed by atoms with Crippen molar-refractivity contribution >= 4 is 41.9 Å². The molecule has 2 aromatic carbocycles. The standard InChI is InChI=1S/C33H34BNO6S/c1-40-20-24-17-26-31(33(38)35(32(26)37)19-25-11-7-15-42-25)27-18-34(39)41-29(30(24)27)14-13-22(21-8-3-2-4-9-21)16-23-10-5-6-12-28(23)36/h2-12,15-16,26-27,29,31,36,39H,13-14,17-20H2,1H3/b22-16-/t26-,27+,29-,31-/m1/s1. The first kappa shape index (κ1) is 28.6. The molecule has 0 unspecified atom stereocenters. The molecule has 2 aliphatic heterocycles. The lowest BCUT2D eigenvalue weighted by Crippen LogP contribution is -2.46. The number of allylic oxidation sites excluding steroid dienone is 1. The van der Waals surface area contributed by atoms with Gasteiger partial charge in [-0.05, 0) is 77.4 Å². The highest BCUT2D eigenvalue weighted by molar-refractivity contribution is 7.09. The number of fused-ring (bicyclic) bond motifs is 3. The second-order valence-corrected chi connectivity index (χ2v) is 12.3. The van der Waals surface area contributed by atoms with Crippen molar-refractivity contribution in [3.63, 3.8) is 0 Å². The molecule has 6 rings (SSSR count). The Kier molecular flexibility index (Phi) is 8.44. The smallest absolute Gasteiger partial charge is 0.455 e. The first-order chi connectivity index (χ1) is 20.4. The zero-order valence-corrected chi connectivity index (χ0v) is 24.3. The van der Waals surface area contributed by atoms with Gasteiger partial charge in [0.1, 0.15) is 5.75 Å². The fourth-order valence-corrected chi connectivity index (χ4v) is 7.58. The van der Waals surface area contributed by atoms with Gasteiger partial charge in [-0.25, -0.2) is 0 Å². The molecule has 3 aliphatic rings. The van der Waals surface area contributed by atoms with Crippen molar-refractivity contribution in [2.24, 2.45) is 17.8 Å². The molecule has 2 saturated heterocycles. The molecule has 2 N–H and O–H groups in total. The SMILES string of the molecule is COCC1=C2[C@@H](CC/C(=C/c3ccccc3O)c3ccccc3)OB(O)C[C@@H]2[C@@H]2C(=O)N(Cc3cccs3)C(=O)[C@@H]2C1. The number of likely N-dealkylation sites (tertiary alicyclic amines) is 1. The lowest BCUT2D eigenvalue weighted by Gasteiger charge is -2.43. The number of hydrogen-bond acceptors (Lipinski definition) is 7. The van der Waals surface area contributed by atoms with E-state index in [1.54, 1.807) is 19.2 Å². The summed E-state index contributed by atoms with van der Waals surface area (Å²) in [6, 6.07) is 21.1. The van der Waals surface area contributed by atoms with E-state index in [0.29, 0.717) is 25.9 Å². The molecule has 1 aromatic heterocycles. The number of nitrogens with zero attached hydrogens (tertiary/aromatic N) is 1. The number of phenols is 1. The van der Waals surface area contributed by atoms with Gasteiger partial charge in [-0.3, -0.25) is 14.5 Å². The molecule has 2 fully saturated rings. The van der Waals surface area contributed by atoms with Crippen LogP contribution in [0.15, 0.2) is 83.3 Å². The van der Waals surface area contributed by atoms with Crippen molar-refractivity contribution in [3.05, 3.63) is 99.3 Å². The third-order valence-electron chi connectivity index (χ3n) is 8.70. The number of imide groups is 1. The van der Waals surface area contributed by atoms with Crippen molar-refractivity contribution < 1.29 is 29.1 Å². The maximum absolute atomic E-state index is 13.8. The average Bonchev–Trinajstić information content (AvgIpc) is 3.59. The van der Waals surface area contributed by atoms with Crippen LogP contribution in [0.2, 0.25) is 6.32 Å². The Morgan fingerprint density at radius 1 is 1.07 bits per heavy atom. The Morgan fingerprint density at radius 3 is 2.60 bits per heavy atom. The lowest BCUT2D eigenvalue weighted by atomic mass is 9.58. The van der Waals surface area contributed by atoms with Gasteiger partial charge in [0.15, 0.2) is 0 Å². The average molecular weight is 584 g/mol. The van der Waals surface area contributed by atoms with Gasteiger partial charge in [0.05, 0.1) is 31.1 Å². The molecular formula is C33H34BNO6S. The molecule has 9 heteroatoms. The summed E-state index contributed by atoms with van der Waals surface area (Å²) in [6.45, 7) is 0.626. The van der Waals surface area contributed by atoms with E-state index in [4.69, 9.17) is 9.39 Å². The van der Waals surface area contributed by atoms with E-state index in [0.717, 1.165) is 32.7 Å². The molecule has 3 aromatic rings. The fourth-order valence-electron chi connectivity index (χ4n) is 6.89. The summed E-state index contributed by atoms with van der Waals surface area (Å²) in [5, 5.41) is 23.3. The Balaban J connectivity index is 1.31. The Hall–Kier alpha value is -3.50. The monoisotopic (exact) mass is 583 g/mol. The number of ether oxygens (including phenoxy) is 1. The molecule has 0 saturated carbocycles. The summed E-state index contributed by atoms with van der Waals surface area (Å²) in [6.07, 6.45) is 3.44. The van der Waals surface area contributed by atoms with Gasteiger partial charge in [0.25, 0.3) is 0 Å². The van der Waals surface area contributed by atoms with E-state index in [-0.39, 0.29) is 36.3 Å². The summed E-state index contributed by atoms with van der Waals surface area (Å²) in [7, 11) is 0.595. The van der Waals surface area contributed by atoms with E-state index in [1.807, 2.05) is 66.1 Å². The van der Waals surface area contributed by atoms with Crippen LogP contribution in [-0.2, 0) is 25.5 Å². The quantitative estimate of drug-likeness (QED) is 0.151. The number of benzene rings is 2. The molecule has 2 amide bonds. The highest BCUT2D eigenvalue weighted by atomic mass is 32.1. The van der Waals surface area contributed by atoms with Crippen molar-refractivity contribution in [2.45, 2.75) is 38.2 Å². The number of phenolic OH excluding ortho intramolecular Hbond substituents is 1. The number of aromatic hydroxyl groups is 1. The van der Waals surface area contributed by atoms with Crippen LogP contribution in [0, 0.1) is 17.8 Å². The Bertz CT molecular complexity index is 1500. The number of carbonyl (C=O) groups is 2. The second kappa shape index (κ2) is 12.4. The van der Waals surface area contributed by atoms with Crippen molar-refractivity contribution in [1.82, 2.24) is 4.90 Å². The summed E-state index contributed by atoms with van der Waals surface area (Å²) in [4.78, 5) is 29.7. The molecule has 3 heterocycles. The van der Waals surface area contributed by atoms with E-state index in [1.165, 1.54) is 16.2 Å². The molecule has 0 spiro atoms.